The van der Waals surface area contributed by atoms with Crippen molar-refractivity contribution in [3.63, 3.8) is 0 Å². The molecule has 3 nitrogen and oxygen atoms in total. The average molecular weight is 413 g/mol. The number of benzene rings is 3. The standard InChI is InChI=1S/C21H12Cl3N3/c22-14-11-9-13(10-12-14)19-25-20(15-5-1-3-7-17(15)23)27-21(26-19)16-6-2-4-8-18(16)24/h1-12H. The van der Waals surface area contributed by atoms with Gasteiger partial charge >= 0.3 is 0 Å². The molecule has 0 radical (unpaired) electrons. The molecule has 0 aliphatic rings. The van der Waals surface area contributed by atoms with Gasteiger partial charge in [0.15, 0.2) is 17.5 Å². The molecule has 0 aliphatic carbocycles. The lowest BCUT2D eigenvalue weighted by Crippen LogP contribution is -2.00. The lowest BCUT2D eigenvalue weighted by atomic mass is 10.1. The smallest absolute Gasteiger partial charge is 0.165 e. The third-order valence-electron chi connectivity index (χ3n) is 3.97. The first-order valence-corrected chi connectivity index (χ1v) is 9.27. The van der Waals surface area contributed by atoms with E-state index in [1.807, 2.05) is 48.5 Å². The first-order valence-electron chi connectivity index (χ1n) is 8.13. The molecule has 0 unspecified atom stereocenters. The van der Waals surface area contributed by atoms with Crippen molar-refractivity contribution in [1.82, 2.24) is 15.0 Å². The molecule has 4 rings (SSSR count). The molecule has 4 aromatic rings. The highest BCUT2D eigenvalue weighted by molar-refractivity contribution is 6.33. The first kappa shape index (κ1) is 17.9. The lowest BCUT2D eigenvalue weighted by Gasteiger charge is -2.10. The van der Waals surface area contributed by atoms with Crippen LogP contribution >= 0.6 is 34.8 Å². The van der Waals surface area contributed by atoms with Gasteiger partial charge in [0.2, 0.25) is 0 Å². The summed E-state index contributed by atoms with van der Waals surface area (Å²) in [6.07, 6.45) is 0. The van der Waals surface area contributed by atoms with Gasteiger partial charge in [0.25, 0.3) is 0 Å². The fourth-order valence-electron chi connectivity index (χ4n) is 2.63. The van der Waals surface area contributed by atoms with E-state index in [4.69, 9.17) is 34.8 Å². The van der Waals surface area contributed by atoms with Crippen molar-refractivity contribution in [1.29, 1.82) is 0 Å². The predicted molar refractivity (Wildman–Crippen MR) is 111 cm³/mol. The Kier molecular flexibility index (Phi) is 5.08. The minimum absolute atomic E-state index is 0.482. The van der Waals surface area contributed by atoms with E-state index in [0.29, 0.717) is 32.5 Å². The fourth-order valence-corrected chi connectivity index (χ4v) is 3.20. The zero-order valence-electron chi connectivity index (χ0n) is 13.9. The summed E-state index contributed by atoms with van der Waals surface area (Å²) in [5, 5.41) is 1.78. The van der Waals surface area contributed by atoms with Crippen LogP contribution in [0.15, 0.2) is 72.8 Å². The molecule has 3 aromatic carbocycles. The Balaban J connectivity index is 1.95. The van der Waals surface area contributed by atoms with Gasteiger partial charge in [-0.1, -0.05) is 59.1 Å². The van der Waals surface area contributed by atoms with Gasteiger partial charge in [-0.2, -0.15) is 0 Å². The van der Waals surface area contributed by atoms with Gasteiger partial charge < -0.3 is 0 Å². The summed E-state index contributed by atoms with van der Waals surface area (Å²) >= 11 is 18.7. The fraction of sp³-hybridized carbons (Fsp3) is 0. The van der Waals surface area contributed by atoms with E-state index < -0.39 is 0 Å². The molecule has 0 fully saturated rings. The van der Waals surface area contributed by atoms with Crippen molar-refractivity contribution in [3.8, 4) is 34.2 Å². The second-order valence-corrected chi connectivity index (χ2v) is 7.02. The average Bonchev–Trinajstić information content (AvgIpc) is 2.69. The molecule has 27 heavy (non-hydrogen) atoms. The topological polar surface area (TPSA) is 38.7 Å². The molecule has 6 heteroatoms. The molecule has 0 atom stereocenters. The van der Waals surface area contributed by atoms with Crippen LogP contribution in [0.3, 0.4) is 0 Å². The number of rotatable bonds is 3. The van der Waals surface area contributed by atoms with Gasteiger partial charge in [-0.05, 0) is 48.5 Å². The van der Waals surface area contributed by atoms with Crippen molar-refractivity contribution < 1.29 is 0 Å². The number of hydrogen-bond donors (Lipinski definition) is 0. The Bertz CT molecular complexity index is 1050. The van der Waals surface area contributed by atoms with Crippen molar-refractivity contribution in [2.75, 3.05) is 0 Å². The van der Waals surface area contributed by atoms with Gasteiger partial charge in [-0.15, -0.1) is 0 Å². The number of halogens is 3. The Hall–Kier alpha value is -2.46. The van der Waals surface area contributed by atoms with E-state index in [0.717, 1.165) is 16.7 Å². The molecule has 132 valence electrons. The van der Waals surface area contributed by atoms with Gasteiger partial charge in [-0.25, -0.2) is 15.0 Å². The normalized spacial score (nSPS) is 10.8. The molecule has 0 aliphatic heterocycles. The highest BCUT2D eigenvalue weighted by atomic mass is 35.5. The lowest BCUT2D eigenvalue weighted by molar-refractivity contribution is 1.07. The third-order valence-corrected chi connectivity index (χ3v) is 4.88. The Morgan fingerprint density at radius 3 is 1.41 bits per heavy atom. The van der Waals surface area contributed by atoms with Gasteiger partial charge in [-0.3, -0.25) is 0 Å². The maximum absolute atomic E-state index is 6.36. The van der Waals surface area contributed by atoms with E-state index in [2.05, 4.69) is 15.0 Å². The molecular weight excluding hydrogens is 401 g/mol. The molecule has 0 N–H and O–H groups in total. The van der Waals surface area contributed by atoms with Crippen molar-refractivity contribution in [2.24, 2.45) is 0 Å². The largest absolute Gasteiger partial charge is 0.208 e. The molecule has 0 bridgehead atoms. The quantitative estimate of drug-likeness (QED) is 0.370. The molecule has 0 amide bonds. The predicted octanol–water partition coefficient (Wildman–Crippen LogP) is 6.83. The molecule has 1 heterocycles. The molecule has 0 saturated carbocycles. The molecule has 1 aromatic heterocycles. The van der Waals surface area contributed by atoms with Gasteiger partial charge in [0.1, 0.15) is 0 Å². The van der Waals surface area contributed by atoms with Crippen LogP contribution < -0.4 is 0 Å². The number of hydrogen-bond acceptors (Lipinski definition) is 3. The van der Waals surface area contributed by atoms with E-state index in [1.165, 1.54) is 0 Å². The van der Waals surface area contributed by atoms with Crippen molar-refractivity contribution >= 4 is 34.8 Å². The second kappa shape index (κ2) is 7.65. The number of aromatic nitrogens is 3. The zero-order valence-corrected chi connectivity index (χ0v) is 16.2. The van der Waals surface area contributed by atoms with Crippen LogP contribution in [0.1, 0.15) is 0 Å². The Morgan fingerprint density at radius 2 is 0.926 bits per heavy atom. The summed E-state index contributed by atoms with van der Waals surface area (Å²) in [7, 11) is 0. The van der Waals surface area contributed by atoms with Gasteiger partial charge in [0.05, 0.1) is 10.0 Å². The summed E-state index contributed by atoms with van der Waals surface area (Å²) in [6.45, 7) is 0. The van der Waals surface area contributed by atoms with Gasteiger partial charge in [0, 0.05) is 21.7 Å². The minimum atomic E-state index is 0.482. The Labute approximate surface area is 171 Å². The summed E-state index contributed by atoms with van der Waals surface area (Å²) in [4.78, 5) is 13.9. The monoisotopic (exact) mass is 411 g/mol. The molecule has 0 spiro atoms. The number of nitrogens with zero attached hydrogens (tertiary/aromatic N) is 3. The zero-order chi connectivity index (χ0) is 18.8. The van der Waals surface area contributed by atoms with Crippen LogP contribution in [0.4, 0.5) is 0 Å². The molecule has 0 saturated heterocycles. The highest BCUT2D eigenvalue weighted by Gasteiger charge is 2.15. The molecular formula is C21H12Cl3N3. The summed E-state index contributed by atoms with van der Waals surface area (Å²) < 4.78 is 0. The summed E-state index contributed by atoms with van der Waals surface area (Å²) in [5.74, 6) is 1.48. The van der Waals surface area contributed by atoms with E-state index in [-0.39, 0.29) is 0 Å². The second-order valence-electron chi connectivity index (χ2n) is 5.77. The Morgan fingerprint density at radius 1 is 0.481 bits per heavy atom. The van der Waals surface area contributed by atoms with Crippen LogP contribution in [-0.4, -0.2) is 15.0 Å². The minimum Gasteiger partial charge on any atom is -0.208 e. The van der Waals surface area contributed by atoms with E-state index in [9.17, 15) is 0 Å². The maximum atomic E-state index is 6.36. The summed E-state index contributed by atoms with van der Waals surface area (Å²) in [5.41, 5.74) is 2.28. The van der Waals surface area contributed by atoms with Crippen molar-refractivity contribution in [3.05, 3.63) is 87.9 Å². The highest BCUT2D eigenvalue weighted by Crippen LogP contribution is 2.31. The van der Waals surface area contributed by atoms with E-state index in [1.54, 1.807) is 24.3 Å². The third kappa shape index (κ3) is 3.81. The van der Waals surface area contributed by atoms with Crippen LogP contribution in [0, 0.1) is 0 Å². The first-order chi connectivity index (χ1) is 13.1. The van der Waals surface area contributed by atoms with Crippen LogP contribution in [0.2, 0.25) is 15.1 Å². The van der Waals surface area contributed by atoms with Crippen molar-refractivity contribution in [2.45, 2.75) is 0 Å². The van der Waals surface area contributed by atoms with Crippen LogP contribution in [0.25, 0.3) is 34.2 Å². The van der Waals surface area contributed by atoms with Crippen LogP contribution in [-0.2, 0) is 0 Å². The SMILES string of the molecule is Clc1ccc(-c2nc(-c3ccccc3Cl)nc(-c3ccccc3Cl)n2)cc1. The summed E-state index contributed by atoms with van der Waals surface area (Å²) in [6, 6.07) is 22.2. The van der Waals surface area contributed by atoms with Crippen LogP contribution in [0.5, 0.6) is 0 Å². The maximum Gasteiger partial charge on any atom is 0.165 e. The van der Waals surface area contributed by atoms with E-state index >= 15 is 0 Å².